The fraction of sp³-hybridized carbons (Fsp3) is 0.200. The second-order valence-electron chi connectivity index (χ2n) is 1.64. The first-order valence-electron chi connectivity index (χ1n) is 2.57. The van der Waals surface area contributed by atoms with E-state index in [1.807, 2.05) is 0 Å². The summed E-state index contributed by atoms with van der Waals surface area (Å²) in [6.07, 6.45) is 3.21. The third-order valence-corrected chi connectivity index (χ3v) is 1.32. The molecular formula is C5H5ClN2O2. The molecule has 0 radical (unpaired) electrons. The number of hydrogen-bond donors (Lipinski definition) is 1. The Morgan fingerprint density at radius 2 is 2.50 bits per heavy atom. The van der Waals surface area contributed by atoms with Crippen molar-refractivity contribution >= 4 is 23.9 Å². The Kier molecular flexibility index (Phi) is 1.91. The minimum atomic E-state index is -1.10. The van der Waals surface area contributed by atoms with Crippen molar-refractivity contribution < 1.29 is 9.90 Å². The normalized spacial score (nSPS) is 23.3. The average Bonchev–Trinajstić information content (AvgIpc) is 1.88. The van der Waals surface area contributed by atoms with Gasteiger partial charge in [-0.2, -0.15) is 0 Å². The van der Waals surface area contributed by atoms with Crippen LogP contribution in [0.4, 0.5) is 4.79 Å². The standard InChI is InChI=1S/C5H5ClN2O2/c6-4-7-2-1-3-8(4)5(9)10/h1-4H,(H,9,10). The van der Waals surface area contributed by atoms with E-state index < -0.39 is 11.7 Å². The number of nitrogens with zero attached hydrogens (tertiary/aromatic N) is 2. The molecule has 1 aliphatic rings. The summed E-state index contributed by atoms with van der Waals surface area (Å²) in [5.41, 5.74) is -0.817. The van der Waals surface area contributed by atoms with Crippen LogP contribution in [0.3, 0.4) is 0 Å². The van der Waals surface area contributed by atoms with Gasteiger partial charge in [-0.25, -0.2) is 9.69 Å². The molecule has 0 aliphatic carbocycles. The van der Waals surface area contributed by atoms with E-state index in [4.69, 9.17) is 16.7 Å². The topological polar surface area (TPSA) is 52.9 Å². The number of carbonyl (C=O) groups is 1. The van der Waals surface area contributed by atoms with E-state index >= 15 is 0 Å². The summed E-state index contributed by atoms with van der Waals surface area (Å²) in [5, 5.41) is 8.42. The van der Waals surface area contributed by atoms with Gasteiger partial charge >= 0.3 is 6.09 Å². The molecular weight excluding hydrogens is 156 g/mol. The van der Waals surface area contributed by atoms with Crippen molar-refractivity contribution in [1.82, 2.24) is 4.90 Å². The van der Waals surface area contributed by atoms with Crippen molar-refractivity contribution in [2.45, 2.75) is 5.62 Å². The second kappa shape index (κ2) is 2.70. The molecule has 4 nitrogen and oxygen atoms in total. The minimum absolute atomic E-state index is 0.817. The Labute approximate surface area is 62.4 Å². The van der Waals surface area contributed by atoms with E-state index in [0.29, 0.717) is 0 Å². The lowest BCUT2D eigenvalue weighted by molar-refractivity contribution is 0.159. The Bertz CT molecular complexity index is 202. The van der Waals surface area contributed by atoms with Gasteiger partial charge in [0.25, 0.3) is 0 Å². The van der Waals surface area contributed by atoms with Crippen molar-refractivity contribution in [3.05, 3.63) is 12.3 Å². The number of amides is 1. The van der Waals surface area contributed by atoms with Crippen LogP contribution in [0.15, 0.2) is 17.3 Å². The van der Waals surface area contributed by atoms with Crippen molar-refractivity contribution in [1.29, 1.82) is 0 Å². The number of alkyl halides is 1. The lowest BCUT2D eigenvalue weighted by Gasteiger charge is -2.18. The highest BCUT2D eigenvalue weighted by atomic mass is 35.5. The number of hydrogen-bond acceptors (Lipinski definition) is 2. The number of carboxylic acid groups (broad SMARTS) is 1. The zero-order valence-corrected chi connectivity index (χ0v) is 5.69. The van der Waals surface area contributed by atoms with Gasteiger partial charge in [0.2, 0.25) is 5.62 Å². The molecule has 0 saturated carbocycles. The zero-order valence-electron chi connectivity index (χ0n) is 4.94. The summed E-state index contributed by atoms with van der Waals surface area (Å²) in [6.45, 7) is 0. The van der Waals surface area contributed by atoms with Gasteiger partial charge in [0.05, 0.1) is 0 Å². The number of rotatable bonds is 0. The smallest absolute Gasteiger partial charge is 0.414 e. The van der Waals surface area contributed by atoms with Crippen molar-refractivity contribution in [3.63, 3.8) is 0 Å². The Hall–Kier alpha value is -1.03. The molecule has 10 heavy (non-hydrogen) atoms. The fourth-order valence-electron chi connectivity index (χ4n) is 0.550. The van der Waals surface area contributed by atoms with Gasteiger partial charge in [-0.15, -0.1) is 0 Å². The number of halogens is 1. The lowest BCUT2D eigenvalue weighted by atomic mass is 10.5. The van der Waals surface area contributed by atoms with E-state index in [1.165, 1.54) is 18.5 Å². The Balaban J connectivity index is 2.70. The van der Waals surface area contributed by atoms with Crippen molar-refractivity contribution in [3.8, 4) is 0 Å². The molecule has 1 aliphatic heterocycles. The highest BCUT2D eigenvalue weighted by Crippen LogP contribution is 2.09. The summed E-state index contributed by atoms with van der Waals surface area (Å²) in [5.74, 6) is 0. The molecule has 5 heteroatoms. The number of aliphatic imine (C=N–C) groups is 1. The highest BCUT2D eigenvalue weighted by Gasteiger charge is 2.17. The van der Waals surface area contributed by atoms with Crippen molar-refractivity contribution in [2.75, 3.05) is 0 Å². The molecule has 1 rings (SSSR count). The van der Waals surface area contributed by atoms with E-state index in [2.05, 4.69) is 4.99 Å². The molecule has 1 heterocycles. The van der Waals surface area contributed by atoms with Gasteiger partial charge in [-0.05, 0) is 6.08 Å². The quantitative estimate of drug-likeness (QED) is 0.426. The van der Waals surface area contributed by atoms with E-state index in [9.17, 15) is 4.79 Å². The maximum Gasteiger partial charge on any atom is 0.414 e. The number of allylic oxidation sites excluding steroid dienone is 1. The summed E-state index contributed by atoms with van der Waals surface area (Å²) in [4.78, 5) is 14.8. The summed E-state index contributed by atoms with van der Waals surface area (Å²) in [7, 11) is 0. The predicted octanol–water partition coefficient (Wildman–Crippen LogP) is 1.09. The Morgan fingerprint density at radius 3 is 2.90 bits per heavy atom. The molecule has 0 aromatic heterocycles. The summed E-state index contributed by atoms with van der Waals surface area (Å²) in [6, 6.07) is 0. The molecule has 1 amide bonds. The lowest BCUT2D eigenvalue weighted by Crippen LogP contribution is -2.31. The van der Waals surface area contributed by atoms with Gasteiger partial charge in [0, 0.05) is 12.4 Å². The second-order valence-corrected chi connectivity index (χ2v) is 2.03. The molecule has 1 unspecified atom stereocenters. The van der Waals surface area contributed by atoms with Crippen LogP contribution < -0.4 is 0 Å². The van der Waals surface area contributed by atoms with Crippen LogP contribution in [0.2, 0.25) is 0 Å². The summed E-state index contributed by atoms with van der Waals surface area (Å²) >= 11 is 5.47. The first-order valence-corrected chi connectivity index (χ1v) is 3.01. The van der Waals surface area contributed by atoms with Gasteiger partial charge in [0.1, 0.15) is 0 Å². The third kappa shape index (κ3) is 1.27. The molecule has 0 spiro atoms. The summed E-state index contributed by atoms with van der Waals surface area (Å²) < 4.78 is 0. The molecule has 0 bridgehead atoms. The third-order valence-electron chi connectivity index (χ3n) is 0.992. The van der Waals surface area contributed by atoms with E-state index in [1.54, 1.807) is 0 Å². The SMILES string of the molecule is O=C(O)N1C=CC=NC1Cl. The molecule has 0 aromatic carbocycles. The largest absolute Gasteiger partial charge is 0.465 e. The first kappa shape index (κ1) is 7.08. The van der Waals surface area contributed by atoms with E-state index in [-0.39, 0.29) is 0 Å². The van der Waals surface area contributed by atoms with Gasteiger partial charge < -0.3 is 5.11 Å². The minimum Gasteiger partial charge on any atom is -0.465 e. The molecule has 1 atom stereocenters. The van der Waals surface area contributed by atoms with Gasteiger partial charge in [-0.1, -0.05) is 11.6 Å². The highest BCUT2D eigenvalue weighted by molar-refractivity contribution is 6.21. The maximum atomic E-state index is 10.3. The Morgan fingerprint density at radius 1 is 1.80 bits per heavy atom. The molecule has 1 N–H and O–H groups in total. The average molecular weight is 161 g/mol. The van der Waals surface area contributed by atoms with Crippen LogP contribution in [0, 0.1) is 0 Å². The first-order chi connectivity index (χ1) is 4.72. The van der Waals surface area contributed by atoms with Crippen LogP contribution in [0.25, 0.3) is 0 Å². The van der Waals surface area contributed by atoms with Crippen LogP contribution in [0.5, 0.6) is 0 Å². The van der Waals surface area contributed by atoms with Crippen molar-refractivity contribution in [2.24, 2.45) is 4.99 Å². The van der Waals surface area contributed by atoms with Crippen LogP contribution in [0.1, 0.15) is 0 Å². The van der Waals surface area contributed by atoms with E-state index in [0.717, 1.165) is 4.90 Å². The molecule has 0 aromatic rings. The predicted molar refractivity (Wildman–Crippen MR) is 37.1 cm³/mol. The van der Waals surface area contributed by atoms with Gasteiger partial charge in [-0.3, -0.25) is 4.99 Å². The maximum absolute atomic E-state index is 10.3. The molecule has 0 fully saturated rings. The van der Waals surface area contributed by atoms with Crippen LogP contribution in [-0.4, -0.2) is 27.9 Å². The zero-order chi connectivity index (χ0) is 7.56. The van der Waals surface area contributed by atoms with Gasteiger partial charge in [0.15, 0.2) is 0 Å². The van der Waals surface area contributed by atoms with Crippen LogP contribution in [-0.2, 0) is 0 Å². The molecule has 0 saturated heterocycles. The monoisotopic (exact) mass is 160 g/mol. The van der Waals surface area contributed by atoms with Crippen LogP contribution >= 0.6 is 11.6 Å². The molecule has 54 valence electrons. The fourth-order valence-corrected chi connectivity index (χ4v) is 0.763.